The van der Waals surface area contributed by atoms with Gasteiger partial charge in [-0.3, -0.25) is 9.59 Å². The Morgan fingerprint density at radius 2 is 0.575 bits per heavy atom. The lowest BCUT2D eigenvalue weighted by atomic mass is 10.0. The van der Waals surface area contributed by atoms with Crippen LogP contribution in [0.25, 0.3) is 0 Å². The molecule has 514 valence electrons. The maximum absolute atomic E-state index is 12.6. The molecule has 6 nitrogen and oxygen atoms in total. The van der Waals surface area contributed by atoms with Gasteiger partial charge in [-0.05, 0) is 64.2 Å². The van der Waals surface area contributed by atoms with E-state index in [1.165, 1.54) is 372 Å². The quantitative estimate of drug-likeness (QED) is 0.0320. The lowest BCUT2D eigenvalue weighted by molar-refractivity contribution is -0.143. The lowest BCUT2D eigenvalue weighted by Crippen LogP contribution is -2.45. The molecule has 0 fully saturated rings. The highest BCUT2D eigenvalue weighted by Crippen LogP contribution is 2.20. The molecule has 0 saturated heterocycles. The Morgan fingerprint density at radius 3 is 0.874 bits per heavy atom. The van der Waals surface area contributed by atoms with Crippen LogP contribution >= 0.6 is 0 Å². The molecule has 2 unspecified atom stereocenters. The van der Waals surface area contributed by atoms with Crippen LogP contribution in [0.15, 0.2) is 36.5 Å². The van der Waals surface area contributed by atoms with E-state index < -0.39 is 12.1 Å². The van der Waals surface area contributed by atoms with Gasteiger partial charge in [-0.15, -0.1) is 0 Å². The third-order valence-electron chi connectivity index (χ3n) is 18.7. The summed E-state index contributed by atoms with van der Waals surface area (Å²) in [5, 5.41) is 23.3. The molecule has 0 aliphatic rings. The second kappa shape index (κ2) is 76.5. The molecular weight excluding hydrogens is 1070 g/mol. The summed E-state index contributed by atoms with van der Waals surface area (Å²) in [4.78, 5) is 24.7. The number of carbonyl (C=O) groups excluding carboxylic acids is 2. The molecule has 2 atom stereocenters. The minimum absolute atomic E-state index is 0.0165. The maximum Gasteiger partial charge on any atom is 0.305 e. The first kappa shape index (κ1) is 85.1. The molecule has 0 aromatic carbocycles. The molecular formula is C81H155NO5. The van der Waals surface area contributed by atoms with Crippen molar-refractivity contribution in [2.24, 2.45) is 0 Å². The Balaban J connectivity index is 3.41. The lowest BCUT2D eigenvalue weighted by Gasteiger charge is -2.20. The van der Waals surface area contributed by atoms with Crippen molar-refractivity contribution in [3.05, 3.63) is 36.5 Å². The normalized spacial score (nSPS) is 12.6. The number of rotatable bonds is 75. The average molecular weight is 1220 g/mol. The SMILES string of the molecule is CCCCCCCCCCCCCCCCCCCCCCCC/C=C/C(O)C(CO)NC(=O)CCCCCCCCCCCCCCC/C=C\C/C=C\CCCCCCCCCCCOC(=O)CCCCCCCCCCCCCCCCCCC. The van der Waals surface area contributed by atoms with Crippen LogP contribution in [-0.4, -0.2) is 47.4 Å². The number of carbonyl (C=O) groups is 2. The molecule has 0 spiro atoms. The summed E-state index contributed by atoms with van der Waals surface area (Å²) >= 11 is 0. The van der Waals surface area contributed by atoms with Gasteiger partial charge in [-0.1, -0.05) is 403 Å². The topological polar surface area (TPSA) is 95.9 Å². The molecule has 0 aromatic heterocycles. The fraction of sp³-hybridized carbons (Fsp3) is 0.901. The van der Waals surface area contributed by atoms with Gasteiger partial charge in [0.15, 0.2) is 0 Å². The number of hydrogen-bond acceptors (Lipinski definition) is 5. The van der Waals surface area contributed by atoms with E-state index in [4.69, 9.17) is 4.74 Å². The number of aliphatic hydroxyl groups is 2. The Hall–Kier alpha value is -1.92. The highest BCUT2D eigenvalue weighted by molar-refractivity contribution is 5.76. The van der Waals surface area contributed by atoms with E-state index in [-0.39, 0.29) is 18.5 Å². The predicted molar refractivity (Wildman–Crippen MR) is 384 cm³/mol. The molecule has 1 amide bonds. The molecule has 6 heteroatoms. The molecule has 87 heavy (non-hydrogen) atoms. The minimum atomic E-state index is -0.847. The third-order valence-corrected chi connectivity index (χ3v) is 18.7. The summed E-state index contributed by atoms with van der Waals surface area (Å²) in [5.41, 5.74) is 0. The molecule has 0 saturated carbocycles. The summed E-state index contributed by atoms with van der Waals surface area (Å²) in [7, 11) is 0. The summed E-state index contributed by atoms with van der Waals surface area (Å²) in [6, 6.07) is -0.631. The number of aliphatic hydroxyl groups excluding tert-OH is 2. The highest BCUT2D eigenvalue weighted by Gasteiger charge is 2.18. The van der Waals surface area contributed by atoms with E-state index in [1.807, 2.05) is 6.08 Å². The van der Waals surface area contributed by atoms with E-state index in [9.17, 15) is 19.8 Å². The van der Waals surface area contributed by atoms with E-state index in [0.29, 0.717) is 19.4 Å². The zero-order valence-electron chi connectivity index (χ0n) is 59.0. The number of unbranched alkanes of at least 4 members (excludes halogenated alkanes) is 60. The van der Waals surface area contributed by atoms with Crippen LogP contribution in [0, 0.1) is 0 Å². The van der Waals surface area contributed by atoms with Crippen LogP contribution in [-0.2, 0) is 14.3 Å². The second-order valence-corrected chi connectivity index (χ2v) is 27.4. The van der Waals surface area contributed by atoms with Crippen LogP contribution in [0.4, 0.5) is 0 Å². The zero-order valence-corrected chi connectivity index (χ0v) is 59.0. The van der Waals surface area contributed by atoms with Gasteiger partial charge in [-0.2, -0.15) is 0 Å². The summed E-state index contributed by atoms with van der Waals surface area (Å²) in [6.07, 6.45) is 99.7. The standard InChI is InChI=1S/C81H155NO5/c1-3-5-7-9-11-13-15-17-19-21-22-23-24-32-35-38-42-45-49-53-57-61-65-69-73-79(84)78(77-83)82-80(85)74-70-66-62-58-54-50-46-43-39-36-33-30-28-26-25-27-29-31-34-37-40-44-48-52-56-60-64-68-72-76-87-81(86)75-71-67-63-59-55-51-47-41-20-18-16-14-12-10-8-6-4-2/h25,27,31,34,69,73,78-79,83-84H,3-24,26,28-30,32-33,35-68,70-72,74-77H2,1-2H3,(H,82,85)/b27-25-,34-31-,73-69+. The second-order valence-electron chi connectivity index (χ2n) is 27.4. The van der Waals surface area contributed by atoms with Gasteiger partial charge >= 0.3 is 5.97 Å². The van der Waals surface area contributed by atoms with Gasteiger partial charge in [-0.25, -0.2) is 0 Å². The van der Waals surface area contributed by atoms with Crippen molar-refractivity contribution >= 4 is 11.9 Å². The number of nitrogens with one attached hydrogen (secondary N) is 1. The highest BCUT2D eigenvalue weighted by atomic mass is 16.5. The van der Waals surface area contributed by atoms with Crippen LogP contribution in [0.2, 0.25) is 0 Å². The fourth-order valence-electron chi connectivity index (χ4n) is 12.6. The van der Waals surface area contributed by atoms with Gasteiger partial charge in [0.05, 0.1) is 25.4 Å². The third kappa shape index (κ3) is 73.0. The minimum Gasteiger partial charge on any atom is -0.466 e. The van der Waals surface area contributed by atoms with Gasteiger partial charge in [0.2, 0.25) is 5.91 Å². The van der Waals surface area contributed by atoms with Crippen molar-refractivity contribution in [3.63, 3.8) is 0 Å². The molecule has 0 aliphatic carbocycles. The molecule has 0 radical (unpaired) electrons. The van der Waals surface area contributed by atoms with Gasteiger partial charge in [0.25, 0.3) is 0 Å². The Kier molecular flexibility index (Phi) is 74.8. The van der Waals surface area contributed by atoms with E-state index in [2.05, 4.69) is 43.5 Å². The molecule has 0 bridgehead atoms. The van der Waals surface area contributed by atoms with Crippen LogP contribution in [0.5, 0.6) is 0 Å². The number of amides is 1. The van der Waals surface area contributed by atoms with Crippen molar-refractivity contribution in [2.45, 2.75) is 456 Å². The predicted octanol–water partition coefficient (Wildman–Crippen LogP) is 26.2. The number of hydrogen-bond donors (Lipinski definition) is 3. The number of allylic oxidation sites excluding steroid dienone is 5. The van der Waals surface area contributed by atoms with Gasteiger partial charge in [0, 0.05) is 12.8 Å². The van der Waals surface area contributed by atoms with E-state index in [0.717, 1.165) is 44.9 Å². The number of ether oxygens (including phenoxy) is 1. The van der Waals surface area contributed by atoms with Crippen LogP contribution in [0.1, 0.15) is 444 Å². The van der Waals surface area contributed by atoms with E-state index >= 15 is 0 Å². The van der Waals surface area contributed by atoms with Crippen molar-refractivity contribution in [1.82, 2.24) is 5.32 Å². The van der Waals surface area contributed by atoms with Gasteiger partial charge in [0.1, 0.15) is 0 Å². The molecule has 3 N–H and O–H groups in total. The van der Waals surface area contributed by atoms with Crippen LogP contribution in [0.3, 0.4) is 0 Å². The van der Waals surface area contributed by atoms with Crippen molar-refractivity contribution in [3.8, 4) is 0 Å². The molecule has 0 aromatic rings. The van der Waals surface area contributed by atoms with Crippen molar-refractivity contribution in [2.75, 3.05) is 13.2 Å². The Labute approximate surface area is 544 Å². The maximum atomic E-state index is 12.6. The largest absolute Gasteiger partial charge is 0.466 e. The smallest absolute Gasteiger partial charge is 0.305 e. The fourth-order valence-corrected chi connectivity index (χ4v) is 12.6. The first-order valence-electron chi connectivity index (χ1n) is 39.8. The summed E-state index contributed by atoms with van der Waals surface area (Å²) in [5.74, 6) is -0.0477. The monoisotopic (exact) mass is 1220 g/mol. The summed E-state index contributed by atoms with van der Waals surface area (Å²) in [6.45, 7) is 4.95. The molecule has 0 aliphatic heterocycles. The van der Waals surface area contributed by atoms with E-state index in [1.54, 1.807) is 6.08 Å². The van der Waals surface area contributed by atoms with Crippen molar-refractivity contribution < 1.29 is 24.5 Å². The van der Waals surface area contributed by atoms with Gasteiger partial charge < -0.3 is 20.3 Å². The molecule has 0 rings (SSSR count). The number of esters is 1. The zero-order chi connectivity index (χ0) is 62.8. The Morgan fingerprint density at radius 1 is 0.322 bits per heavy atom. The first-order valence-corrected chi connectivity index (χ1v) is 39.8. The summed E-state index contributed by atoms with van der Waals surface area (Å²) < 4.78 is 5.51. The first-order chi connectivity index (χ1) is 43.0. The van der Waals surface area contributed by atoms with Crippen molar-refractivity contribution in [1.29, 1.82) is 0 Å². The molecule has 0 heterocycles. The average Bonchev–Trinajstić information content (AvgIpc) is 3.58. The Bertz CT molecular complexity index is 1410. The van der Waals surface area contributed by atoms with Crippen LogP contribution < -0.4 is 5.32 Å².